The predicted octanol–water partition coefficient (Wildman–Crippen LogP) is 3.68. The topological polar surface area (TPSA) is 49.3 Å². The number of unbranched alkanes of at least 4 members (excludes halogenated alkanes) is 3. The first-order chi connectivity index (χ1) is 9.95. The molecule has 2 N–H and O–H groups in total. The van der Waals surface area contributed by atoms with Crippen LogP contribution in [0.4, 0.5) is 0 Å². The van der Waals surface area contributed by atoms with Crippen LogP contribution in [0.2, 0.25) is 0 Å². The van der Waals surface area contributed by atoms with Gasteiger partial charge in [-0.2, -0.15) is 0 Å². The third-order valence-corrected chi connectivity index (χ3v) is 2.61. The number of nitrogens with one attached hydrogen (secondary N) is 1. The Labute approximate surface area is 129 Å². The summed E-state index contributed by atoms with van der Waals surface area (Å²) in [6.45, 7) is 5.74. The molecule has 0 spiro atoms. The third kappa shape index (κ3) is 16.3. The molecule has 118 valence electrons. The van der Waals surface area contributed by atoms with Crippen LogP contribution in [-0.2, 0) is 4.79 Å². The molecule has 21 heavy (non-hydrogen) atoms. The Morgan fingerprint density at radius 3 is 2.29 bits per heavy atom. The maximum atomic E-state index is 11.4. The SMILES string of the molecule is CCCCCC=CC=CC=C/C=C/C(=O)NCC(C)(C)O. The molecule has 0 aliphatic heterocycles. The van der Waals surface area contributed by atoms with E-state index in [0.29, 0.717) is 0 Å². The maximum Gasteiger partial charge on any atom is 0.244 e. The van der Waals surface area contributed by atoms with Crippen molar-refractivity contribution in [1.82, 2.24) is 5.32 Å². The molecule has 3 heteroatoms. The van der Waals surface area contributed by atoms with Gasteiger partial charge < -0.3 is 10.4 Å². The molecular formula is C18H29NO2. The van der Waals surface area contributed by atoms with Crippen LogP contribution in [-0.4, -0.2) is 23.2 Å². The van der Waals surface area contributed by atoms with E-state index in [4.69, 9.17) is 0 Å². The number of hydrogen-bond acceptors (Lipinski definition) is 2. The Morgan fingerprint density at radius 1 is 1.05 bits per heavy atom. The molecule has 0 aromatic rings. The van der Waals surface area contributed by atoms with Gasteiger partial charge >= 0.3 is 0 Å². The van der Waals surface area contributed by atoms with Crippen molar-refractivity contribution < 1.29 is 9.90 Å². The molecule has 0 saturated carbocycles. The Bertz CT molecular complexity index is 385. The molecule has 1 amide bonds. The molecule has 0 rings (SSSR count). The molecule has 0 saturated heterocycles. The first-order valence-electron chi connectivity index (χ1n) is 7.62. The fraction of sp³-hybridized carbons (Fsp3) is 0.500. The van der Waals surface area contributed by atoms with Gasteiger partial charge in [-0.25, -0.2) is 0 Å². The van der Waals surface area contributed by atoms with Gasteiger partial charge in [0.15, 0.2) is 0 Å². The van der Waals surface area contributed by atoms with E-state index >= 15 is 0 Å². The Kier molecular flexibility index (Phi) is 11.2. The molecule has 0 aliphatic rings. The molecule has 0 aliphatic carbocycles. The number of carbonyl (C=O) groups excluding carboxylic acids is 1. The zero-order valence-electron chi connectivity index (χ0n) is 13.5. The number of carbonyl (C=O) groups is 1. The molecule has 0 heterocycles. The van der Waals surface area contributed by atoms with E-state index in [2.05, 4.69) is 18.3 Å². The van der Waals surface area contributed by atoms with Gasteiger partial charge in [0, 0.05) is 12.6 Å². The average molecular weight is 291 g/mol. The quantitative estimate of drug-likeness (QED) is 0.366. The molecule has 0 atom stereocenters. The van der Waals surface area contributed by atoms with Crippen molar-refractivity contribution in [3.63, 3.8) is 0 Å². The minimum Gasteiger partial charge on any atom is -0.389 e. The summed E-state index contributed by atoms with van der Waals surface area (Å²) in [4.78, 5) is 11.4. The predicted molar refractivity (Wildman–Crippen MR) is 90.0 cm³/mol. The van der Waals surface area contributed by atoms with Gasteiger partial charge in [-0.1, -0.05) is 62.3 Å². The third-order valence-electron chi connectivity index (χ3n) is 2.61. The summed E-state index contributed by atoms with van der Waals surface area (Å²) in [5.74, 6) is -0.207. The maximum absolute atomic E-state index is 11.4. The summed E-state index contributed by atoms with van der Waals surface area (Å²) in [5.41, 5.74) is -0.883. The lowest BCUT2D eigenvalue weighted by Crippen LogP contribution is -2.37. The molecule has 0 aromatic carbocycles. The number of rotatable bonds is 10. The zero-order chi connectivity index (χ0) is 16.0. The summed E-state index contributed by atoms with van der Waals surface area (Å²) in [6, 6.07) is 0. The lowest BCUT2D eigenvalue weighted by molar-refractivity contribution is -0.117. The molecule has 3 nitrogen and oxygen atoms in total. The Morgan fingerprint density at radius 2 is 1.67 bits per heavy atom. The molecule has 0 radical (unpaired) electrons. The Balaban J connectivity index is 3.79. The second-order valence-corrected chi connectivity index (χ2v) is 5.58. The van der Waals surface area contributed by atoms with Crippen molar-refractivity contribution in [2.75, 3.05) is 6.54 Å². The molecule has 0 unspecified atom stereocenters. The highest BCUT2D eigenvalue weighted by Crippen LogP contribution is 1.99. The van der Waals surface area contributed by atoms with E-state index in [9.17, 15) is 9.90 Å². The van der Waals surface area contributed by atoms with E-state index in [1.165, 1.54) is 25.3 Å². The fourth-order valence-corrected chi connectivity index (χ4v) is 1.45. The summed E-state index contributed by atoms with van der Waals surface area (Å²) in [6.07, 6.45) is 19.8. The van der Waals surface area contributed by atoms with Gasteiger partial charge in [-0.3, -0.25) is 4.79 Å². The van der Waals surface area contributed by atoms with Crippen LogP contribution >= 0.6 is 0 Å². The average Bonchev–Trinajstić information content (AvgIpc) is 2.42. The smallest absolute Gasteiger partial charge is 0.244 e. The normalized spacial score (nSPS) is 13.1. The van der Waals surface area contributed by atoms with Crippen molar-refractivity contribution >= 4 is 5.91 Å². The van der Waals surface area contributed by atoms with E-state index in [-0.39, 0.29) is 12.5 Å². The number of allylic oxidation sites excluding steroid dienone is 7. The van der Waals surface area contributed by atoms with Crippen LogP contribution in [0.25, 0.3) is 0 Å². The van der Waals surface area contributed by atoms with Gasteiger partial charge in [0.2, 0.25) is 5.91 Å². The van der Waals surface area contributed by atoms with Crippen molar-refractivity contribution in [2.24, 2.45) is 0 Å². The van der Waals surface area contributed by atoms with E-state index in [1.807, 2.05) is 24.3 Å². The van der Waals surface area contributed by atoms with Crippen molar-refractivity contribution in [1.29, 1.82) is 0 Å². The van der Waals surface area contributed by atoms with Gasteiger partial charge in [-0.15, -0.1) is 0 Å². The molecule has 0 fully saturated rings. The second-order valence-electron chi connectivity index (χ2n) is 5.58. The lowest BCUT2D eigenvalue weighted by atomic mass is 10.1. The minimum atomic E-state index is -0.883. The highest BCUT2D eigenvalue weighted by Gasteiger charge is 2.12. The van der Waals surface area contributed by atoms with Crippen LogP contribution in [0.3, 0.4) is 0 Å². The van der Waals surface area contributed by atoms with Crippen LogP contribution in [0.15, 0.2) is 48.6 Å². The van der Waals surface area contributed by atoms with Gasteiger partial charge in [0.1, 0.15) is 0 Å². The van der Waals surface area contributed by atoms with E-state index in [1.54, 1.807) is 26.0 Å². The van der Waals surface area contributed by atoms with Gasteiger partial charge in [0.05, 0.1) is 5.60 Å². The van der Waals surface area contributed by atoms with Gasteiger partial charge in [0.25, 0.3) is 0 Å². The highest BCUT2D eigenvalue weighted by molar-refractivity contribution is 5.87. The fourth-order valence-electron chi connectivity index (χ4n) is 1.45. The Hall–Kier alpha value is -1.61. The monoisotopic (exact) mass is 291 g/mol. The highest BCUT2D eigenvalue weighted by atomic mass is 16.3. The van der Waals surface area contributed by atoms with Crippen molar-refractivity contribution in [2.45, 2.75) is 52.1 Å². The van der Waals surface area contributed by atoms with Crippen molar-refractivity contribution in [3.05, 3.63) is 48.6 Å². The summed E-state index contributed by atoms with van der Waals surface area (Å²) in [7, 11) is 0. The number of aliphatic hydroxyl groups is 1. The standard InChI is InChI=1S/C18H29NO2/c1-4-5-6-7-8-9-10-11-12-13-14-15-17(20)19-16-18(2,3)21/h8-15,21H,4-7,16H2,1-3H3,(H,19,20)/b9-8?,11-10?,13-12?,15-14+. The van der Waals surface area contributed by atoms with E-state index < -0.39 is 5.60 Å². The number of hydrogen-bond donors (Lipinski definition) is 2. The first kappa shape index (κ1) is 19.4. The molecule has 0 bridgehead atoms. The zero-order valence-corrected chi connectivity index (χ0v) is 13.5. The first-order valence-corrected chi connectivity index (χ1v) is 7.62. The number of amides is 1. The van der Waals surface area contributed by atoms with Crippen LogP contribution in [0.1, 0.15) is 46.5 Å². The van der Waals surface area contributed by atoms with Crippen LogP contribution < -0.4 is 5.32 Å². The molecular weight excluding hydrogens is 262 g/mol. The second kappa shape index (κ2) is 12.2. The van der Waals surface area contributed by atoms with Crippen LogP contribution in [0.5, 0.6) is 0 Å². The van der Waals surface area contributed by atoms with Crippen LogP contribution in [0, 0.1) is 0 Å². The minimum absolute atomic E-state index is 0.207. The van der Waals surface area contributed by atoms with Crippen molar-refractivity contribution in [3.8, 4) is 0 Å². The summed E-state index contributed by atoms with van der Waals surface area (Å²) >= 11 is 0. The lowest BCUT2D eigenvalue weighted by Gasteiger charge is -2.16. The van der Waals surface area contributed by atoms with Gasteiger partial charge in [-0.05, 0) is 26.7 Å². The molecule has 0 aromatic heterocycles. The summed E-state index contributed by atoms with van der Waals surface area (Å²) in [5, 5.41) is 12.1. The van der Waals surface area contributed by atoms with E-state index in [0.717, 1.165) is 6.42 Å². The largest absolute Gasteiger partial charge is 0.389 e. The summed E-state index contributed by atoms with van der Waals surface area (Å²) < 4.78 is 0.